The summed E-state index contributed by atoms with van der Waals surface area (Å²) in [6.07, 6.45) is 11.8. The third-order valence-electron chi connectivity index (χ3n) is 2.99. The van der Waals surface area contributed by atoms with Crippen molar-refractivity contribution in [1.29, 1.82) is 0 Å². The molecule has 21 heavy (non-hydrogen) atoms. The second-order valence-corrected chi connectivity index (χ2v) is 5.12. The number of carbonyl (C=O) groups is 2. The van der Waals surface area contributed by atoms with Crippen molar-refractivity contribution < 1.29 is 19.8 Å². The fraction of sp³-hybridized carbons (Fsp3) is 0.875. The molecule has 0 aliphatic carbocycles. The molecule has 5 heteroatoms. The van der Waals surface area contributed by atoms with E-state index in [4.69, 9.17) is 10.2 Å². The molecule has 0 spiro atoms. The first kappa shape index (κ1) is 25.8. The van der Waals surface area contributed by atoms with E-state index in [-0.39, 0.29) is 26.2 Å². The number of hydrogen-bond donors (Lipinski definition) is 2. The van der Waals surface area contributed by atoms with Gasteiger partial charge in [-0.2, -0.15) is 0 Å². The van der Waals surface area contributed by atoms with Gasteiger partial charge >= 0.3 is 38.1 Å². The Morgan fingerprint density at radius 3 is 1.14 bits per heavy atom. The molecule has 0 saturated heterocycles. The average Bonchev–Trinajstić information content (AvgIpc) is 2.38. The topological polar surface area (TPSA) is 74.6 Å². The van der Waals surface area contributed by atoms with Gasteiger partial charge in [-0.25, -0.2) is 0 Å². The Morgan fingerprint density at radius 1 is 0.619 bits per heavy atom. The molecule has 0 atom stereocenters. The van der Waals surface area contributed by atoms with Crippen molar-refractivity contribution in [3.8, 4) is 0 Å². The first-order chi connectivity index (χ1) is 9.54. The average molecular weight is 500 g/mol. The molecule has 128 valence electrons. The Hall–Kier alpha value is -0.177. The molecule has 0 saturated carbocycles. The fourth-order valence-corrected chi connectivity index (χ4v) is 1.76. The third kappa shape index (κ3) is 33.0. The summed E-state index contributed by atoms with van der Waals surface area (Å²) in [5.74, 6) is -1.34. The molecule has 0 aliphatic rings. The number of carboxylic acids is 2. The minimum atomic E-state index is -0.670. The Labute approximate surface area is 148 Å². The van der Waals surface area contributed by atoms with Gasteiger partial charge < -0.3 is 10.2 Å². The van der Waals surface area contributed by atoms with Gasteiger partial charge in [-0.15, -0.1) is 0 Å². The summed E-state index contributed by atoms with van der Waals surface area (Å²) < 4.78 is 0. The van der Waals surface area contributed by atoms with Crippen molar-refractivity contribution >= 4 is 38.1 Å². The Bertz CT molecular complexity index is 208. The van der Waals surface area contributed by atoms with Gasteiger partial charge in [-0.1, -0.05) is 65.2 Å². The van der Waals surface area contributed by atoms with Crippen molar-refractivity contribution in [3.05, 3.63) is 0 Å². The molecule has 0 radical (unpaired) electrons. The Balaban J connectivity index is -0.000000295. The predicted octanol–water partition coefficient (Wildman–Crippen LogP) is 3.68. The monoisotopic (exact) mass is 500 g/mol. The molecule has 0 aliphatic heterocycles. The number of carboxylic acid groups (broad SMARTS) is 2. The number of hydrogen-bond acceptors (Lipinski definition) is 2. The zero-order valence-electron chi connectivity index (χ0n) is 13.9. The number of unbranched alkanes of at least 4 members (excludes halogenated alkanes) is 8. The van der Waals surface area contributed by atoms with Gasteiger partial charge in [0.15, 0.2) is 0 Å². The van der Waals surface area contributed by atoms with Crippen molar-refractivity contribution in [2.24, 2.45) is 0 Å². The summed E-state index contributed by atoms with van der Waals surface area (Å²) in [4.78, 5) is 20.1. The summed E-state index contributed by atoms with van der Waals surface area (Å²) in [5, 5.41) is 16.5. The van der Waals surface area contributed by atoms with Gasteiger partial charge in [0.1, 0.15) is 0 Å². The predicted molar refractivity (Wildman–Crippen MR) is 92.0 cm³/mol. The van der Waals surface area contributed by atoms with Crippen LogP contribution in [0.15, 0.2) is 0 Å². The third-order valence-corrected chi connectivity index (χ3v) is 2.99. The fourth-order valence-electron chi connectivity index (χ4n) is 1.76. The van der Waals surface area contributed by atoms with E-state index < -0.39 is 11.9 Å². The zero-order valence-corrected chi connectivity index (χ0v) is 19.4. The molecular formula is C16H35BiO4. The zero-order chi connectivity index (χ0) is 15.6. The molecule has 0 bridgehead atoms. The van der Waals surface area contributed by atoms with Crippen LogP contribution in [0.3, 0.4) is 0 Å². The summed E-state index contributed by atoms with van der Waals surface area (Å²) >= 11 is 0. The minimum absolute atomic E-state index is 0. The van der Waals surface area contributed by atoms with Crippen LogP contribution in [0.5, 0.6) is 0 Å². The van der Waals surface area contributed by atoms with E-state index in [0.717, 1.165) is 25.7 Å². The van der Waals surface area contributed by atoms with Gasteiger partial charge in [0.2, 0.25) is 0 Å². The van der Waals surface area contributed by atoms with Crippen molar-refractivity contribution in [2.75, 3.05) is 0 Å². The van der Waals surface area contributed by atoms with Crippen LogP contribution in [0.2, 0.25) is 0 Å². The Morgan fingerprint density at radius 2 is 0.905 bits per heavy atom. The summed E-state index contributed by atoms with van der Waals surface area (Å²) in [6, 6.07) is 0. The quantitative estimate of drug-likeness (QED) is 0.317. The van der Waals surface area contributed by atoms with E-state index in [1.165, 1.54) is 38.5 Å². The van der Waals surface area contributed by atoms with Crippen LogP contribution in [0.4, 0.5) is 0 Å². The SMILES string of the molecule is CCCCCCCC(=O)O.CCCCCCCC(=O)O.[BiH3]. The maximum atomic E-state index is 10.0. The van der Waals surface area contributed by atoms with E-state index in [0.29, 0.717) is 12.8 Å². The molecule has 0 heterocycles. The molecule has 0 rings (SSSR count). The standard InChI is InChI=1S/2C8H16O2.Bi.3H/c2*1-2-3-4-5-6-7-8(9)10;;;;/h2*2-7H2,1H3,(H,9,10);;;;. The van der Waals surface area contributed by atoms with Gasteiger partial charge in [0.05, 0.1) is 0 Å². The van der Waals surface area contributed by atoms with E-state index in [1.807, 2.05) is 0 Å². The van der Waals surface area contributed by atoms with Gasteiger partial charge in [-0.3, -0.25) is 9.59 Å². The van der Waals surface area contributed by atoms with Crippen LogP contribution in [0.1, 0.15) is 90.9 Å². The van der Waals surface area contributed by atoms with E-state index >= 15 is 0 Å². The molecule has 0 amide bonds. The van der Waals surface area contributed by atoms with E-state index in [9.17, 15) is 9.59 Å². The van der Waals surface area contributed by atoms with Crippen LogP contribution in [0.25, 0.3) is 0 Å². The second-order valence-electron chi connectivity index (χ2n) is 5.12. The van der Waals surface area contributed by atoms with Crippen LogP contribution in [-0.2, 0) is 9.59 Å². The molecular weight excluding hydrogens is 465 g/mol. The summed E-state index contributed by atoms with van der Waals surface area (Å²) in [5.41, 5.74) is 0. The second kappa shape index (κ2) is 22.1. The molecule has 0 unspecified atom stereocenters. The normalized spacial score (nSPS) is 9.24. The van der Waals surface area contributed by atoms with Crippen LogP contribution in [0, 0.1) is 0 Å². The van der Waals surface area contributed by atoms with Gasteiger partial charge in [-0.05, 0) is 12.8 Å². The first-order valence-corrected chi connectivity index (χ1v) is 7.98. The van der Waals surface area contributed by atoms with Crippen molar-refractivity contribution in [2.45, 2.75) is 90.9 Å². The maximum absolute atomic E-state index is 10.0. The van der Waals surface area contributed by atoms with Gasteiger partial charge in [0, 0.05) is 12.8 Å². The number of aliphatic carboxylic acids is 2. The van der Waals surface area contributed by atoms with Crippen LogP contribution < -0.4 is 0 Å². The van der Waals surface area contributed by atoms with Gasteiger partial charge in [0.25, 0.3) is 0 Å². The first-order valence-electron chi connectivity index (χ1n) is 7.98. The Kier molecular flexibility index (Phi) is 27.1. The molecule has 2 N–H and O–H groups in total. The van der Waals surface area contributed by atoms with Crippen LogP contribution >= 0.6 is 0 Å². The summed E-state index contributed by atoms with van der Waals surface area (Å²) in [6.45, 7) is 4.30. The molecule has 4 nitrogen and oxygen atoms in total. The van der Waals surface area contributed by atoms with E-state index in [1.54, 1.807) is 0 Å². The molecule has 0 aromatic heterocycles. The molecule has 0 aromatic rings. The molecule has 0 aromatic carbocycles. The summed E-state index contributed by atoms with van der Waals surface area (Å²) in [7, 11) is 0. The van der Waals surface area contributed by atoms with Crippen molar-refractivity contribution in [3.63, 3.8) is 0 Å². The molecule has 0 fully saturated rings. The number of rotatable bonds is 12. The van der Waals surface area contributed by atoms with Crippen LogP contribution in [-0.4, -0.2) is 48.4 Å². The van der Waals surface area contributed by atoms with Crippen molar-refractivity contribution in [1.82, 2.24) is 0 Å². The van der Waals surface area contributed by atoms with E-state index in [2.05, 4.69) is 13.8 Å².